The summed E-state index contributed by atoms with van der Waals surface area (Å²) in [6.07, 6.45) is 4.74. The Kier molecular flexibility index (Phi) is 3.17. The van der Waals surface area contributed by atoms with E-state index >= 15 is 0 Å². The van der Waals surface area contributed by atoms with Gasteiger partial charge >= 0.3 is 5.97 Å². The standard InChI is InChI=1S/C12H15NO4/c1-8(12(15)16)6-13(10-2-3-10)11(14)9-4-5-17-7-9/h4-5,7-8,10H,2-3,6H2,1H3,(H,15,16)/t8-/m0/s1. The van der Waals surface area contributed by atoms with Crippen LogP contribution in [0.4, 0.5) is 0 Å². The molecule has 1 aliphatic carbocycles. The smallest absolute Gasteiger partial charge is 0.308 e. The Morgan fingerprint density at radius 1 is 1.59 bits per heavy atom. The zero-order valence-corrected chi connectivity index (χ0v) is 9.63. The fraction of sp³-hybridized carbons (Fsp3) is 0.500. The Bertz CT molecular complexity index is 408. The molecule has 0 unspecified atom stereocenters. The van der Waals surface area contributed by atoms with Gasteiger partial charge in [-0.2, -0.15) is 0 Å². The summed E-state index contributed by atoms with van der Waals surface area (Å²) in [6.45, 7) is 1.87. The first-order chi connectivity index (χ1) is 8.09. The first-order valence-electron chi connectivity index (χ1n) is 5.65. The summed E-state index contributed by atoms with van der Waals surface area (Å²) >= 11 is 0. The molecule has 0 aliphatic heterocycles. The zero-order chi connectivity index (χ0) is 12.4. The molecular weight excluding hydrogens is 222 g/mol. The minimum absolute atomic E-state index is 0.144. The van der Waals surface area contributed by atoms with Gasteiger partial charge in [0.2, 0.25) is 0 Å². The molecule has 0 radical (unpaired) electrons. The summed E-state index contributed by atoms with van der Waals surface area (Å²) in [7, 11) is 0. The van der Waals surface area contributed by atoms with Crippen molar-refractivity contribution in [3.63, 3.8) is 0 Å². The van der Waals surface area contributed by atoms with Crippen molar-refractivity contribution in [1.82, 2.24) is 4.90 Å². The predicted molar refractivity (Wildman–Crippen MR) is 59.6 cm³/mol. The van der Waals surface area contributed by atoms with Crippen molar-refractivity contribution in [2.75, 3.05) is 6.54 Å². The van der Waals surface area contributed by atoms with Gasteiger partial charge in [0, 0.05) is 12.6 Å². The van der Waals surface area contributed by atoms with Crippen molar-refractivity contribution in [2.45, 2.75) is 25.8 Å². The Hall–Kier alpha value is -1.78. The van der Waals surface area contributed by atoms with Gasteiger partial charge in [-0.1, -0.05) is 6.92 Å². The molecule has 1 amide bonds. The Morgan fingerprint density at radius 2 is 2.29 bits per heavy atom. The van der Waals surface area contributed by atoms with Crippen LogP contribution in [0, 0.1) is 5.92 Å². The average Bonchev–Trinajstić information content (AvgIpc) is 2.98. The van der Waals surface area contributed by atoms with Crippen molar-refractivity contribution in [1.29, 1.82) is 0 Å². The average molecular weight is 237 g/mol. The van der Waals surface area contributed by atoms with Gasteiger partial charge < -0.3 is 14.4 Å². The van der Waals surface area contributed by atoms with Crippen LogP contribution in [0.15, 0.2) is 23.0 Å². The molecule has 1 N–H and O–H groups in total. The number of rotatable bonds is 5. The van der Waals surface area contributed by atoms with Crippen molar-refractivity contribution < 1.29 is 19.1 Å². The van der Waals surface area contributed by atoms with E-state index in [1.807, 2.05) is 0 Å². The van der Waals surface area contributed by atoms with Crippen molar-refractivity contribution in [2.24, 2.45) is 5.92 Å². The Morgan fingerprint density at radius 3 is 2.76 bits per heavy atom. The molecule has 0 bridgehead atoms. The van der Waals surface area contributed by atoms with Crippen LogP contribution in [0.3, 0.4) is 0 Å². The van der Waals surface area contributed by atoms with E-state index in [2.05, 4.69) is 0 Å². The molecular formula is C12H15NO4. The van der Waals surface area contributed by atoms with Crippen molar-refractivity contribution in [3.8, 4) is 0 Å². The van der Waals surface area contributed by atoms with E-state index < -0.39 is 11.9 Å². The van der Waals surface area contributed by atoms with E-state index in [9.17, 15) is 9.59 Å². The van der Waals surface area contributed by atoms with Gasteiger partial charge in [-0.05, 0) is 18.9 Å². The first kappa shape index (κ1) is 11.7. The number of carboxylic acids is 1. The highest BCUT2D eigenvalue weighted by molar-refractivity contribution is 5.94. The topological polar surface area (TPSA) is 70.8 Å². The lowest BCUT2D eigenvalue weighted by atomic mass is 10.1. The maximum absolute atomic E-state index is 12.1. The number of nitrogens with zero attached hydrogens (tertiary/aromatic N) is 1. The lowest BCUT2D eigenvalue weighted by Crippen LogP contribution is -2.38. The third kappa shape index (κ3) is 2.67. The molecule has 1 saturated carbocycles. The van der Waals surface area contributed by atoms with E-state index in [-0.39, 0.29) is 18.5 Å². The van der Waals surface area contributed by atoms with Crippen LogP contribution in [-0.4, -0.2) is 34.5 Å². The third-order valence-electron chi connectivity index (χ3n) is 2.91. The zero-order valence-electron chi connectivity index (χ0n) is 9.63. The van der Waals surface area contributed by atoms with Gasteiger partial charge in [0.15, 0.2) is 0 Å². The molecule has 1 aliphatic rings. The van der Waals surface area contributed by atoms with Gasteiger partial charge in [0.05, 0.1) is 17.7 Å². The lowest BCUT2D eigenvalue weighted by Gasteiger charge is -2.23. The van der Waals surface area contributed by atoms with Crippen LogP contribution in [0.25, 0.3) is 0 Å². The minimum Gasteiger partial charge on any atom is -0.481 e. The highest BCUT2D eigenvalue weighted by Gasteiger charge is 2.35. The number of furan rings is 1. The molecule has 0 saturated heterocycles. The number of hydrogen-bond donors (Lipinski definition) is 1. The van der Waals surface area contributed by atoms with Gasteiger partial charge in [-0.25, -0.2) is 0 Å². The number of aliphatic carboxylic acids is 1. The summed E-state index contributed by atoms with van der Waals surface area (Å²) in [5, 5.41) is 8.89. The summed E-state index contributed by atoms with van der Waals surface area (Å²) in [5.74, 6) is -1.57. The van der Waals surface area contributed by atoms with Crippen LogP contribution >= 0.6 is 0 Å². The highest BCUT2D eigenvalue weighted by atomic mass is 16.4. The van der Waals surface area contributed by atoms with Crippen LogP contribution in [-0.2, 0) is 4.79 Å². The van der Waals surface area contributed by atoms with Gasteiger partial charge in [-0.15, -0.1) is 0 Å². The SMILES string of the molecule is C[C@@H](CN(C(=O)c1ccoc1)C1CC1)C(=O)O. The molecule has 5 nitrogen and oxygen atoms in total. The Balaban J connectivity index is 2.07. The number of carbonyl (C=O) groups excluding carboxylic acids is 1. The van der Waals surface area contributed by atoms with Crippen molar-refractivity contribution in [3.05, 3.63) is 24.2 Å². The molecule has 17 heavy (non-hydrogen) atoms. The molecule has 92 valence electrons. The monoisotopic (exact) mass is 237 g/mol. The van der Waals surface area contributed by atoms with E-state index in [0.29, 0.717) is 5.56 Å². The van der Waals surface area contributed by atoms with E-state index in [1.54, 1.807) is 17.9 Å². The fourth-order valence-electron chi connectivity index (χ4n) is 1.71. The molecule has 1 aromatic heterocycles. The third-order valence-corrected chi connectivity index (χ3v) is 2.91. The largest absolute Gasteiger partial charge is 0.481 e. The number of hydrogen-bond acceptors (Lipinski definition) is 3. The minimum atomic E-state index is -0.879. The quantitative estimate of drug-likeness (QED) is 0.844. The first-order valence-corrected chi connectivity index (χ1v) is 5.65. The van der Waals surface area contributed by atoms with Crippen LogP contribution in [0.5, 0.6) is 0 Å². The summed E-state index contributed by atoms with van der Waals surface area (Å²) < 4.78 is 4.87. The van der Waals surface area contributed by atoms with E-state index in [0.717, 1.165) is 12.8 Å². The molecule has 5 heteroatoms. The van der Waals surface area contributed by atoms with Crippen molar-refractivity contribution >= 4 is 11.9 Å². The van der Waals surface area contributed by atoms with Gasteiger partial charge in [0.25, 0.3) is 5.91 Å². The summed E-state index contributed by atoms with van der Waals surface area (Å²) in [6, 6.07) is 1.79. The highest BCUT2D eigenvalue weighted by Crippen LogP contribution is 2.29. The normalized spacial score (nSPS) is 16.5. The predicted octanol–water partition coefficient (Wildman–Crippen LogP) is 1.60. The van der Waals surface area contributed by atoms with E-state index in [4.69, 9.17) is 9.52 Å². The molecule has 1 aromatic rings. The molecule has 0 aromatic carbocycles. The van der Waals surface area contributed by atoms with Gasteiger partial charge in [0.1, 0.15) is 6.26 Å². The van der Waals surface area contributed by atoms with E-state index in [1.165, 1.54) is 12.5 Å². The molecule has 1 fully saturated rings. The fourth-order valence-corrected chi connectivity index (χ4v) is 1.71. The molecule has 1 heterocycles. The maximum atomic E-state index is 12.1. The lowest BCUT2D eigenvalue weighted by molar-refractivity contribution is -0.141. The summed E-state index contributed by atoms with van der Waals surface area (Å²) in [4.78, 5) is 24.6. The number of carbonyl (C=O) groups is 2. The Labute approximate surface area is 99.0 Å². The van der Waals surface area contributed by atoms with Gasteiger partial charge in [-0.3, -0.25) is 9.59 Å². The summed E-state index contributed by atoms with van der Waals surface area (Å²) in [5.41, 5.74) is 0.481. The second-order valence-corrected chi connectivity index (χ2v) is 4.44. The van der Waals surface area contributed by atoms with Crippen LogP contribution in [0.2, 0.25) is 0 Å². The number of amides is 1. The number of carboxylic acid groups (broad SMARTS) is 1. The second-order valence-electron chi connectivity index (χ2n) is 4.44. The molecule has 2 rings (SSSR count). The van der Waals surface area contributed by atoms with Crippen LogP contribution < -0.4 is 0 Å². The maximum Gasteiger partial charge on any atom is 0.308 e. The second kappa shape index (κ2) is 4.61. The van der Waals surface area contributed by atoms with Crippen LogP contribution in [0.1, 0.15) is 30.1 Å². The molecule has 1 atom stereocenters. The molecule has 0 spiro atoms.